The quantitative estimate of drug-likeness (QED) is 0.617. The minimum absolute atomic E-state index is 1.07. The van der Waals surface area contributed by atoms with Gasteiger partial charge in [-0.05, 0) is 29.8 Å². The number of nitrogens with zero attached hydrogens (tertiary/aromatic N) is 2. The van der Waals surface area contributed by atoms with Crippen molar-refractivity contribution in [1.29, 1.82) is 0 Å². The molecule has 0 aliphatic carbocycles. The van der Waals surface area contributed by atoms with Crippen molar-refractivity contribution in [2.45, 2.75) is 0 Å². The Morgan fingerprint density at radius 3 is 2.29 bits per heavy atom. The second-order valence-corrected chi connectivity index (χ2v) is 4.57. The lowest BCUT2D eigenvalue weighted by atomic mass is 10.2. The topological polar surface area (TPSA) is 15.6 Å². The molecule has 0 aromatic heterocycles. The monoisotopic (exact) mass is 288 g/mol. The molecule has 0 bridgehead atoms. The van der Waals surface area contributed by atoms with Crippen LogP contribution in [0.15, 0.2) is 64.2 Å². The first-order valence-electron chi connectivity index (χ1n) is 5.34. The lowest BCUT2D eigenvalue weighted by Gasteiger charge is -2.11. The summed E-state index contributed by atoms with van der Waals surface area (Å²) in [6.45, 7) is 0. The molecule has 17 heavy (non-hydrogen) atoms. The molecule has 2 aromatic rings. The highest BCUT2D eigenvalue weighted by molar-refractivity contribution is 9.10. The van der Waals surface area contributed by atoms with Crippen LogP contribution in [0.4, 0.5) is 5.69 Å². The van der Waals surface area contributed by atoms with E-state index in [1.54, 1.807) is 0 Å². The van der Waals surface area contributed by atoms with Gasteiger partial charge in [-0.1, -0.05) is 46.3 Å². The molecule has 0 aliphatic rings. The number of para-hydroxylation sites is 1. The van der Waals surface area contributed by atoms with Gasteiger partial charge in [0.25, 0.3) is 0 Å². The maximum Gasteiger partial charge on any atom is 0.0590 e. The molecule has 2 rings (SSSR count). The van der Waals surface area contributed by atoms with Crippen molar-refractivity contribution < 1.29 is 0 Å². The Kier molecular flexibility index (Phi) is 3.94. The van der Waals surface area contributed by atoms with E-state index in [0.717, 1.165) is 15.7 Å². The third kappa shape index (κ3) is 3.43. The summed E-state index contributed by atoms with van der Waals surface area (Å²) in [5.41, 5.74) is 2.15. The van der Waals surface area contributed by atoms with Crippen LogP contribution in [0, 0.1) is 0 Å². The number of hydrazone groups is 1. The van der Waals surface area contributed by atoms with Gasteiger partial charge in [-0.2, -0.15) is 5.10 Å². The molecule has 0 saturated heterocycles. The normalized spacial score (nSPS) is 10.7. The van der Waals surface area contributed by atoms with Crippen molar-refractivity contribution in [3.63, 3.8) is 0 Å². The second-order valence-electron chi connectivity index (χ2n) is 3.66. The summed E-state index contributed by atoms with van der Waals surface area (Å²) in [4.78, 5) is 0. The van der Waals surface area contributed by atoms with Crippen LogP contribution in [0.2, 0.25) is 0 Å². The molecule has 0 heterocycles. The summed E-state index contributed by atoms with van der Waals surface area (Å²) in [5, 5.41) is 6.24. The summed E-state index contributed by atoms with van der Waals surface area (Å²) in [7, 11) is 1.94. The van der Waals surface area contributed by atoms with Crippen LogP contribution in [0.1, 0.15) is 5.56 Å². The number of anilines is 1. The van der Waals surface area contributed by atoms with Crippen LogP contribution in [-0.2, 0) is 0 Å². The van der Waals surface area contributed by atoms with Gasteiger partial charge in [0, 0.05) is 11.5 Å². The molecule has 0 atom stereocenters. The van der Waals surface area contributed by atoms with Crippen molar-refractivity contribution in [3.8, 4) is 0 Å². The Labute approximate surface area is 110 Å². The van der Waals surface area contributed by atoms with E-state index in [1.165, 1.54) is 0 Å². The maximum absolute atomic E-state index is 4.39. The number of benzene rings is 2. The molecule has 2 nitrogen and oxygen atoms in total. The highest BCUT2D eigenvalue weighted by Gasteiger charge is 1.95. The fourth-order valence-corrected chi connectivity index (χ4v) is 1.68. The first-order chi connectivity index (χ1) is 8.25. The first kappa shape index (κ1) is 11.9. The van der Waals surface area contributed by atoms with E-state index in [4.69, 9.17) is 0 Å². The molecule has 2 aromatic carbocycles. The Balaban J connectivity index is 2.08. The van der Waals surface area contributed by atoms with Gasteiger partial charge in [0.2, 0.25) is 0 Å². The van der Waals surface area contributed by atoms with Crippen molar-refractivity contribution >= 4 is 27.8 Å². The number of halogens is 1. The summed E-state index contributed by atoms with van der Waals surface area (Å²) >= 11 is 3.41. The van der Waals surface area contributed by atoms with Gasteiger partial charge in [0.15, 0.2) is 0 Å². The van der Waals surface area contributed by atoms with E-state index in [-0.39, 0.29) is 0 Å². The van der Waals surface area contributed by atoms with Crippen LogP contribution >= 0.6 is 15.9 Å². The third-order valence-corrected chi connectivity index (χ3v) is 2.91. The van der Waals surface area contributed by atoms with E-state index >= 15 is 0 Å². The largest absolute Gasteiger partial charge is 0.269 e. The van der Waals surface area contributed by atoms with E-state index < -0.39 is 0 Å². The fourth-order valence-electron chi connectivity index (χ4n) is 1.41. The predicted octanol–water partition coefficient (Wildman–Crippen LogP) is 3.92. The molecule has 0 unspecified atom stereocenters. The Morgan fingerprint density at radius 2 is 1.65 bits per heavy atom. The lowest BCUT2D eigenvalue weighted by Crippen LogP contribution is -2.08. The van der Waals surface area contributed by atoms with Gasteiger partial charge in [-0.15, -0.1) is 0 Å². The minimum atomic E-state index is 1.07. The van der Waals surface area contributed by atoms with Crippen LogP contribution in [-0.4, -0.2) is 13.3 Å². The van der Waals surface area contributed by atoms with E-state index in [0.29, 0.717) is 0 Å². The number of hydrogen-bond donors (Lipinski definition) is 0. The van der Waals surface area contributed by atoms with Crippen LogP contribution < -0.4 is 5.01 Å². The van der Waals surface area contributed by atoms with Crippen LogP contribution in [0.3, 0.4) is 0 Å². The van der Waals surface area contributed by atoms with Gasteiger partial charge in [0.05, 0.1) is 11.9 Å². The molecule has 0 radical (unpaired) electrons. The highest BCUT2D eigenvalue weighted by Crippen LogP contribution is 2.12. The van der Waals surface area contributed by atoms with E-state index in [2.05, 4.69) is 21.0 Å². The smallest absolute Gasteiger partial charge is 0.0590 e. The van der Waals surface area contributed by atoms with Gasteiger partial charge < -0.3 is 0 Å². The molecule has 0 N–H and O–H groups in total. The van der Waals surface area contributed by atoms with Crippen molar-refractivity contribution in [1.82, 2.24) is 0 Å². The molecule has 0 amide bonds. The summed E-state index contributed by atoms with van der Waals surface area (Å²) in [6.07, 6.45) is 1.85. The first-order valence-corrected chi connectivity index (χ1v) is 6.13. The number of hydrogen-bond acceptors (Lipinski definition) is 2. The molecular formula is C14H13BrN2. The van der Waals surface area contributed by atoms with E-state index in [9.17, 15) is 0 Å². The summed E-state index contributed by atoms with van der Waals surface area (Å²) < 4.78 is 1.08. The molecular weight excluding hydrogens is 276 g/mol. The molecule has 0 spiro atoms. The molecule has 0 aliphatic heterocycles. The molecule has 0 fully saturated rings. The van der Waals surface area contributed by atoms with Gasteiger partial charge in [-0.3, -0.25) is 5.01 Å². The molecule has 3 heteroatoms. The molecule has 86 valence electrons. The average molecular weight is 289 g/mol. The van der Waals surface area contributed by atoms with Crippen molar-refractivity contribution in [3.05, 3.63) is 64.6 Å². The minimum Gasteiger partial charge on any atom is -0.269 e. The predicted molar refractivity (Wildman–Crippen MR) is 76.6 cm³/mol. The third-order valence-electron chi connectivity index (χ3n) is 2.38. The van der Waals surface area contributed by atoms with Crippen molar-refractivity contribution in [2.75, 3.05) is 12.1 Å². The van der Waals surface area contributed by atoms with Gasteiger partial charge in [-0.25, -0.2) is 0 Å². The Morgan fingerprint density at radius 1 is 1.00 bits per heavy atom. The zero-order chi connectivity index (χ0) is 12.1. The summed E-state index contributed by atoms with van der Waals surface area (Å²) in [5.74, 6) is 0. The zero-order valence-corrected chi connectivity index (χ0v) is 11.1. The molecule has 0 saturated carbocycles. The average Bonchev–Trinajstić information content (AvgIpc) is 2.39. The fraction of sp³-hybridized carbons (Fsp3) is 0.0714. The number of rotatable bonds is 3. The van der Waals surface area contributed by atoms with Crippen LogP contribution in [0.25, 0.3) is 0 Å². The van der Waals surface area contributed by atoms with E-state index in [1.807, 2.05) is 72.9 Å². The highest BCUT2D eigenvalue weighted by atomic mass is 79.9. The van der Waals surface area contributed by atoms with Crippen LogP contribution in [0.5, 0.6) is 0 Å². The lowest BCUT2D eigenvalue weighted by molar-refractivity contribution is 1.02. The second kappa shape index (κ2) is 5.64. The maximum atomic E-state index is 4.39. The Bertz CT molecular complexity index is 491. The summed E-state index contributed by atoms with van der Waals surface area (Å²) in [6, 6.07) is 18.1. The van der Waals surface area contributed by atoms with Gasteiger partial charge in [0.1, 0.15) is 0 Å². The van der Waals surface area contributed by atoms with Crippen molar-refractivity contribution in [2.24, 2.45) is 5.10 Å². The Hall–Kier alpha value is -1.61. The SMILES string of the molecule is CN(/N=C/c1ccc(Br)cc1)c1ccccc1. The zero-order valence-electron chi connectivity index (χ0n) is 9.55. The standard InChI is InChI=1S/C14H13BrN2/c1-17(14-5-3-2-4-6-14)16-11-12-7-9-13(15)10-8-12/h2-11H,1H3/b16-11+. The van der Waals surface area contributed by atoms with Gasteiger partial charge >= 0.3 is 0 Å².